The van der Waals surface area contributed by atoms with Crippen LogP contribution in [-0.2, 0) is 4.79 Å². The van der Waals surface area contributed by atoms with Crippen LogP contribution in [0, 0.1) is 11.3 Å². The average Bonchev–Trinajstić information content (AvgIpc) is 2.16. The number of nitrogens with one attached hydrogen (secondary N) is 1. The fourth-order valence-corrected chi connectivity index (χ4v) is 1.12. The SMILES string of the molecule is CCC(C)NC(=O)CN(CC#N)C(C)C. The third-order valence-corrected chi connectivity index (χ3v) is 2.37. The van der Waals surface area contributed by atoms with Crippen molar-refractivity contribution in [2.75, 3.05) is 13.1 Å². The number of hydrogen-bond acceptors (Lipinski definition) is 3. The topological polar surface area (TPSA) is 56.1 Å². The van der Waals surface area contributed by atoms with E-state index in [0.29, 0.717) is 13.1 Å². The number of nitrogens with zero attached hydrogens (tertiary/aromatic N) is 2. The normalized spacial score (nSPS) is 12.6. The molecule has 1 N–H and O–H groups in total. The Morgan fingerprint density at radius 2 is 2.07 bits per heavy atom. The van der Waals surface area contributed by atoms with E-state index in [-0.39, 0.29) is 18.0 Å². The van der Waals surface area contributed by atoms with Crippen LogP contribution in [0.25, 0.3) is 0 Å². The molecule has 0 bridgehead atoms. The molecule has 0 spiro atoms. The van der Waals surface area contributed by atoms with Gasteiger partial charge in [-0.25, -0.2) is 0 Å². The summed E-state index contributed by atoms with van der Waals surface area (Å²) in [6, 6.07) is 2.49. The van der Waals surface area contributed by atoms with Crippen LogP contribution in [-0.4, -0.2) is 36.0 Å². The van der Waals surface area contributed by atoms with Gasteiger partial charge in [0, 0.05) is 12.1 Å². The van der Waals surface area contributed by atoms with E-state index in [2.05, 4.69) is 11.4 Å². The van der Waals surface area contributed by atoms with Crippen molar-refractivity contribution in [2.45, 2.75) is 46.2 Å². The van der Waals surface area contributed by atoms with E-state index >= 15 is 0 Å². The van der Waals surface area contributed by atoms with Crippen LogP contribution in [0.15, 0.2) is 0 Å². The highest BCUT2D eigenvalue weighted by Crippen LogP contribution is 1.97. The van der Waals surface area contributed by atoms with Crippen molar-refractivity contribution in [1.29, 1.82) is 5.26 Å². The Labute approximate surface area is 92.3 Å². The zero-order valence-corrected chi connectivity index (χ0v) is 10.1. The molecular weight excluding hydrogens is 190 g/mol. The molecular formula is C11H21N3O. The van der Waals surface area contributed by atoms with E-state index < -0.39 is 0 Å². The van der Waals surface area contributed by atoms with Gasteiger partial charge in [-0.3, -0.25) is 9.69 Å². The van der Waals surface area contributed by atoms with Gasteiger partial charge in [0.05, 0.1) is 19.2 Å². The van der Waals surface area contributed by atoms with Crippen LogP contribution in [0.4, 0.5) is 0 Å². The second-order valence-electron chi connectivity index (χ2n) is 4.03. The van der Waals surface area contributed by atoms with Crippen molar-refractivity contribution in [1.82, 2.24) is 10.2 Å². The minimum Gasteiger partial charge on any atom is -0.353 e. The van der Waals surface area contributed by atoms with Crippen LogP contribution in [0.2, 0.25) is 0 Å². The summed E-state index contributed by atoms with van der Waals surface area (Å²) >= 11 is 0. The number of carbonyl (C=O) groups excluding carboxylic acids is 1. The van der Waals surface area contributed by atoms with E-state index in [4.69, 9.17) is 5.26 Å². The van der Waals surface area contributed by atoms with Crippen molar-refractivity contribution >= 4 is 5.91 Å². The van der Waals surface area contributed by atoms with Gasteiger partial charge in [0.1, 0.15) is 0 Å². The number of hydrogen-bond donors (Lipinski definition) is 1. The first-order valence-corrected chi connectivity index (χ1v) is 5.41. The summed E-state index contributed by atoms with van der Waals surface area (Å²) in [5, 5.41) is 11.5. The molecule has 0 saturated heterocycles. The van der Waals surface area contributed by atoms with Crippen molar-refractivity contribution in [3.05, 3.63) is 0 Å². The zero-order chi connectivity index (χ0) is 11.8. The second kappa shape index (κ2) is 7.24. The summed E-state index contributed by atoms with van der Waals surface area (Å²) in [5.41, 5.74) is 0. The fourth-order valence-electron chi connectivity index (χ4n) is 1.12. The maximum atomic E-state index is 11.5. The maximum Gasteiger partial charge on any atom is 0.234 e. The van der Waals surface area contributed by atoms with Gasteiger partial charge in [0.25, 0.3) is 0 Å². The molecule has 0 aromatic heterocycles. The highest BCUT2D eigenvalue weighted by atomic mass is 16.2. The molecule has 0 radical (unpaired) electrons. The molecule has 0 saturated carbocycles. The van der Waals surface area contributed by atoms with Crippen LogP contribution < -0.4 is 5.32 Å². The van der Waals surface area contributed by atoms with Crippen LogP contribution in [0.1, 0.15) is 34.1 Å². The van der Waals surface area contributed by atoms with E-state index in [1.807, 2.05) is 32.6 Å². The van der Waals surface area contributed by atoms with E-state index in [1.54, 1.807) is 0 Å². The molecule has 0 fully saturated rings. The summed E-state index contributed by atoms with van der Waals surface area (Å²) in [5.74, 6) is -0.00620. The van der Waals surface area contributed by atoms with Crippen molar-refractivity contribution < 1.29 is 4.79 Å². The van der Waals surface area contributed by atoms with Gasteiger partial charge in [0.15, 0.2) is 0 Å². The molecule has 0 aromatic rings. The lowest BCUT2D eigenvalue weighted by Gasteiger charge is -2.23. The molecule has 1 atom stereocenters. The maximum absolute atomic E-state index is 11.5. The van der Waals surface area contributed by atoms with Gasteiger partial charge in [0.2, 0.25) is 5.91 Å². The predicted octanol–water partition coefficient (Wildman–Crippen LogP) is 1.14. The van der Waals surface area contributed by atoms with Crippen LogP contribution >= 0.6 is 0 Å². The highest BCUT2D eigenvalue weighted by molar-refractivity contribution is 5.78. The fraction of sp³-hybridized carbons (Fsp3) is 0.818. The number of rotatable bonds is 6. The zero-order valence-electron chi connectivity index (χ0n) is 10.1. The van der Waals surface area contributed by atoms with Gasteiger partial charge in [-0.1, -0.05) is 6.92 Å². The molecule has 0 aromatic carbocycles. The smallest absolute Gasteiger partial charge is 0.234 e. The van der Waals surface area contributed by atoms with Crippen molar-refractivity contribution in [3.63, 3.8) is 0 Å². The molecule has 1 unspecified atom stereocenters. The Balaban J connectivity index is 4.06. The van der Waals surface area contributed by atoms with Gasteiger partial charge in [-0.05, 0) is 27.2 Å². The monoisotopic (exact) mass is 211 g/mol. The van der Waals surface area contributed by atoms with Gasteiger partial charge >= 0.3 is 0 Å². The molecule has 4 nitrogen and oxygen atoms in total. The molecule has 4 heteroatoms. The van der Waals surface area contributed by atoms with E-state index in [0.717, 1.165) is 6.42 Å². The summed E-state index contributed by atoms with van der Waals surface area (Å²) in [6.07, 6.45) is 0.922. The first-order chi connectivity index (χ1) is 7.01. The third-order valence-electron chi connectivity index (χ3n) is 2.37. The highest BCUT2D eigenvalue weighted by Gasteiger charge is 2.14. The summed E-state index contributed by atoms with van der Waals surface area (Å²) in [6.45, 7) is 8.56. The minimum atomic E-state index is -0.00620. The third kappa shape index (κ3) is 6.08. The first-order valence-electron chi connectivity index (χ1n) is 5.41. The number of carbonyl (C=O) groups is 1. The summed E-state index contributed by atoms with van der Waals surface area (Å²) in [4.78, 5) is 13.4. The lowest BCUT2D eigenvalue weighted by Crippen LogP contribution is -2.43. The van der Waals surface area contributed by atoms with Crippen LogP contribution in [0.5, 0.6) is 0 Å². The van der Waals surface area contributed by atoms with Crippen molar-refractivity contribution in [3.8, 4) is 6.07 Å². The summed E-state index contributed by atoms with van der Waals surface area (Å²) in [7, 11) is 0. The molecule has 0 aliphatic heterocycles. The molecule has 0 aliphatic carbocycles. The lowest BCUT2D eigenvalue weighted by atomic mass is 10.2. The Bertz CT molecular complexity index is 232. The Morgan fingerprint density at radius 3 is 2.47 bits per heavy atom. The minimum absolute atomic E-state index is 0.00620. The largest absolute Gasteiger partial charge is 0.353 e. The molecule has 15 heavy (non-hydrogen) atoms. The van der Waals surface area contributed by atoms with Crippen molar-refractivity contribution in [2.24, 2.45) is 0 Å². The Morgan fingerprint density at radius 1 is 1.47 bits per heavy atom. The summed E-state index contributed by atoms with van der Waals surface area (Å²) < 4.78 is 0. The molecule has 0 heterocycles. The predicted molar refractivity (Wildman–Crippen MR) is 60.2 cm³/mol. The number of amides is 1. The van der Waals surface area contributed by atoms with Gasteiger partial charge < -0.3 is 5.32 Å². The van der Waals surface area contributed by atoms with Gasteiger partial charge in [-0.15, -0.1) is 0 Å². The quantitative estimate of drug-likeness (QED) is 0.670. The second-order valence-corrected chi connectivity index (χ2v) is 4.03. The standard InChI is InChI=1S/C11H21N3O/c1-5-10(4)13-11(15)8-14(7-6-12)9(2)3/h9-10H,5,7-8H2,1-4H3,(H,13,15). The van der Waals surface area contributed by atoms with E-state index in [1.165, 1.54) is 0 Å². The average molecular weight is 211 g/mol. The Hall–Kier alpha value is -1.08. The lowest BCUT2D eigenvalue weighted by molar-refractivity contribution is -0.123. The first kappa shape index (κ1) is 13.9. The van der Waals surface area contributed by atoms with Gasteiger partial charge in [-0.2, -0.15) is 5.26 Å². The number of nitriles is 1. The molecule has 1 amide bonds. The Kier molecular flexibility index (Phi) is 6.72. The molecule has 0 aliphatic rings. The molecule has 0 rings (SSSR count). The van der Waals surface area contributed by atoms with E-state index in [9.17, 15) is 4.79 Å². The van der Waals surface area contributed by atoms with Crippen LogP contribution in [0.3, 0.4) is 0 Å². The molecule has 86 valence electrons.